The highest BCUT2D eigenvalue weighted by Gasteiger charge is 2.41. The Morgan fingerprint density at radius 3 is 2.39 bits per heavy atom. The molecule has 0 aromatic rings. The summed E-state index contributed by atoms with van der Waals surface area (Å²) in [7, 11) is 0. The number of hydrogen-bond donors (Lipinski definition) is 0. The Hall–Kier alpha value is -0.570. The molecule has 18 heavy (non-hydrogen) atoms. The van der Waals surface area contributed by atoms with Gasteiger partial charge in [-0.25, -0.2) is 0 Å². The average molecular weight is 250 g/mol. The molecule has 2 atom stereocenters. The van der Waals surface area contributed by atoms with Gasteiger partial charge in [0.15, 0.2) is 0 Å². The SMILES string of the molecule is CCN1CCCC1C1CCCN1C(=O)C1CCC1. The molecule has 2 unspecified atom stereocenters. The maximum Gasteiger partial charge on any atom is 0.225 e. The van der Waals surface area contributed by atoms with Gasteiger partial charge in [-0.3, -0.25) is 9.69 Å². The molecule has 0 bridgehead atoms. The molecule has 3 aliphatic rings. The molecule has 2 heterocycles. The molecule has 102 valence electrons. The Morgan fingerprint density at radius 1 is 1.00 bits per heavy atom. The fraction of sp³-hybridized carbons (Fsp3) is 0.933. The summed E-state index contributed by atoms with van der Waals surface area (Å²) in [6.45, 7) is 5.66. The van der Waals surface area contributed by atoms with Crippen molar-refractivity contribution in [3.8, 4) is 0 Å². The van der Waals surface area contributed by atoms with Gasteiger partial charge in [0.05, 0.1) is 0 Å². The fourth-order valence-electron chi connectivity index (χ4n) is 4.04. The summed E-state index contributed by atoms with van der Waals surface area (Å²) in [6.07, 6.45) is 8.62. The third kappa shape index (κ3) is 2.07. The normalized spacial score (nSPS) is 33.9. The molecule has 2 saturated heterocycles. The number of amides is 1. The maximum absolute atomic E-state index is 12.5. The number of likely N-dealkylation sites (N-methyl/N-ethyl adjacent to an activating group) is 1. The van der Waals surface area contributed by atoms with Gasteiger partial charge in [-0.15, -0.1) is 0 Å². The maximum atomic E-state index is 12.5. The second-order valence-electron chi connectivity index (χ2n) is 6.21. The van der Waals surface area contributed by atoms with Crippen LogP contribution in [0, 0.1) is 5.92 Å². The highest BCUT2D eigenvalue weighted by Crippen LogP contribution is 2.34. The van der Waals surface area contributed by atoms with Crippen molar-refractivity contribution in [3.63, 3.8) is 0 Å². The summed E-state index contributed by atoms with van der Waals surface area (Å²) < 4.78 is 0. The lowest BCUT2D eigenvalue weighted by Gasteiger charge is -2.38. The third-order valence-electron chi connectivity index (χ3n) is 5.30. The van der Waals surface area contributed by atoms with E-state index in [0.29, 0.717) is 23.9 Å². The molecular weight excluding hydrogens is 224 g/mol. The molecule has 3 rings (SSSR count). The lowest BCUT2D eigenvalue weighted by Crippen LogP contribution is -2.50. The van der Waals surface area contributed by atoms with E-state index in [0.717, 1.165) is 25.9 Å². The van der Waals surface area contributed by atoms with Gasteiger partial charge in [0.25, 0.3) is 0 Å². The van der Waals surface area contributed by atoms with Crippen LogP contribution in [-0.2, 0) is 4.79 Å². The second kappa shape index (κ2) is 5.20. The molecule has 3 fully saturated rings. The molecule has 0 N–H and O–H groups in total. The first kappa shape index (κ1) is 12.5. The molecule has 1 amide bonds. The van der Waals surface area contributed by atoms with Gasteiger partial charge in [-0.2, -0.15) is 0 Å². The molecule has 3 heteroatoms. The summed E-state index contributed by atoms with van der Waals surface area (Å²) in [5.74, 6) is 0.855. The van der Waals surface area contributed by atoms with Crippen molar-refractivity contribution >= 4 is 5.91 Å². The van der Waals surface area contributed by atoms with Crippen LogP contribution in [0.5, 0.6) is 0 Å². The van der Waals surface area contributed by atoms with Crippen LogP contribution < -0.4 is 0 Å². The van der Waals surface area contributed by atoms with Crippen LogP contribution >= 0.6 is 0 Å². The first-order valence-electron chi connectivity index (χ1n) is 7.85. The van der Waals surface area contributed by atoms with Crippen LogP contribution in [-0.4, -0.2) is 47.4 Å². The number of nitrogens with zero attached hydrogens (tertiary/aromatic N) is 2. The third-order valence-corrected chi connectivity index (χ3v) is 5.30. The predicted molar refractivity (Wildman–Crippen MR) is 72.3 cm³/mol. The standard InChI is InChI=1S/C15H26N2O/c1-2-16-10-4-8-13(16)14-9-5-11-17(14)15(18)12-6-3-7-12/h12-14H,2-11H2,1H3. The zero-order valence-electron chi connectivity index (χ0n) is 11.6. The lowest BCUT2D eigenvalue weighted by molar-refractivity contribution is -0.140. The van der Waals surface area contributed by atoms with Crippen LogP contribution in [0.4, 0.5) is 0 Å². The minimum Gasteiger partial charge on any atom is -0.338 e. The average Bonchev–Trinajstić information content (AvgIpc) is 2.94. The summed E-state index contributed by atoms with van der Waals surface area (Å²) in [6, 6.07) is 1.18. The van der Waals surface area contributed by atoms with Gasteiger partial charge < -0.3 is 4.90 Å². The fourth-order valence-corrected chi connectivity index (χ4v) is 4.04. The van der Waals surface area contributed by atoms with E-state index in [2.05, 4.69) is 16.7 Å². The Balaban J connectivity index is 1.68. The number of carbonyl (C=O) groups is 1. The van der Waals surface area contributed by atoms with Gasteiger partial charge in [0, 0.05) is 24.5 Å². The second-order valence-corrected chi connectivity index (χ2v) is 6.21. The summed E-state index contributed by atoms with van der Waals surface area (Å²) >= 11 is 0. The predicted octanol–water partition coefficient (Wildman–Crippen LogP) is 2.26. The number of carbonyl (C=O) groups excluding carboxylic acids is 1. The van der Waals surface area contributed by atoms with E-state index in [4.69, 9.17) is 0 Å². The number of rotatable bonds is 3. The van der Waals surface area contributed by atoms with Crippen molar-refractivity contribution < 1.29 is 4.79 Å². The van der Waals surface area contributed by atoms with Gasteiger partial charge in [0.2, 0.25) is 5.91 Å². The molecule has 0 radical (unpaired) electrons. The molecular formula is C15H26N2O. The van der Waals surface area contributed by atoms with Crippen LogP contribution in [0.1, 0.15) is 51.9 Å². The highest BCUT2D eigenvalue weighted by molar-refractivity contribution is 5.80. The zero-order chi connectivity index (χ0) is 12.5. The van der Waals surface area contributed by atoms with E-state index in [1.807, 2.05) is 0 Å². The Kier molecular flexibility index (Phi) is 3.60. The summed E-state index contributed by atoms with van der Waals surface area (Å²) in [5.41, 5.74) is 0. The minimum absolute atomic E-state index is 0.377. The van der Waals surface area contributed by atoms with Crippen LogP contribution in [0.15, 0.2) is 0 Å². The van der Waals surface area contributed by atoms with Gasteiger partial charge in [-0.1, -0.05) is 13.3 Å². The Morgan fingerprint density at radius 2 is 1.72 bits per heavy atom. The highest BCUT2D eigenvalue weighted by atomic mass is 16.2. The minimum atomic E-state index is 0.377. The molecule has 1 saturated carbocycles. The molecule has 0 aromatic carbocycles. The zero-order valence-corrected chi connectivity index (χ0v) is 11.6. The van der Waals surface area contributed by atoms with Gasteiger partial charge in [-0.05, 0) is 51.6 Å². The van der Waals surface area contributed by atoms with Gasteiger partial charge in [0.1, 0.15) is 0 Å². The molecule has 1 aliphatic carbocycles. The molecule has 0 spiro atoms. The van der Waals surface area contributed by atoms with Crippen molar-refractivity contribution in [2.45, 2.75) is 64.0 Å². The van der Waals surface area contributed by atoms with Crippen molar-refractivity contribution in [1.82, 2.24) is 9.80 Å². The van der Waals surface area contributed by atoms with E-state index >= 15 is 0 Å². The molecule has 3 nitrogen and oxygen atoms in total. The van der Waals surface area contributed by atoms with E-state index in [1.165, 1.54) is 38.6 Å². The summed E-state index contributed by atoms with van der Waals surface area (Å²) in [5, 5.41) is 0. The Labute approximate surface area is 111 Å². The number of hydrogen-bond acceptors (Lipinski definition) is 2. The van der Waals surface area contributed by atoms with E-state index < -0.39 is 0 Å². The van der Waals surface area contributed by atoms with Crippen molar-refractivity contribution in [2.75, 3.05) is 19.6 Å². The quantitative estimate of drug-likeness (QED) is 0.767. The van der Waals surface area contributed by atoms with Crippen LogP contribution in [0.3, 0.4) is 0 Å². The molecule has 2 aliphatic heterocycles. The monoisotopic (exact) mass is 250 g/mol. The van der Waals surface area contributed by atoms with Crippen molar-refractivity contribution in [3.05, 3.63) is 0 Å². The Bertz CT molecular complexity index is 314. The molecule has 0 aromatic heterocycles. The van der Waals surface area contributed by atoms with E-state index in [-0.39, 0.29) is 0 Å². The first-order chi connectivity index (χ1) is 8.81. The van der Waals surface area contributed by atoms with Crippen LogP contribution in [0.2, 0.25) is 0 Å². The largest absolute Gasteiger partial charge is 0.338 e. The van der Waals surface area contributed by atoms with Crippen LogP contribution in [0.25, 0.3) is 0 Å². The lowest BCUT2D eigenvalue weighted by atomic mass is 9.84. The first-order valence-corrected chi connectivity index (χ1v) is 7.85. The summed E-state index contributed by atoms with van der Waals surface area (Å²) in [4.78, 5) is 17.3. The number of likely N-dealkylation sites (tertiary alicyclic amines) is 2. The van der Waals surface area contributed by atoms with Crippen molar-refractivity contribution in [2.24, 2.45) is 5.92 Å². The smallest absolute Gasteiger partial charge is 0.225 e. The van der Waals surface area contributed by atoms with Gasteiger partial charge >= 0.3 is 0 Å². The topological polar surface area (TPSA) is 23.6 Å². The van der Waals surface area contributed by atoms with Crippen molar-refractivity contribution in [1.29, 1.82) is 0 Å². The van der Waals surface area contributed by atoms with E-state index in [1.54, 1.807) is 0 Å². The van der Waals surface area contributed by atoms with E-state index in [9.17, 15) is 4.79 Å².